The lowest BCUT2D eigenvalue weighted by Gasteiger charge is -1.94. The number of nitriles is 1. The van der Waals surface area contributed by atoms with Gasteiger partial charge in [0.2, 0.25) is 0 Å². The summed E-state index contributed by atoms with van der Waals surface area (Å²) in [5.74, 6) is 0. The first-order chi connectivity index (χ1) is 5.74. The lowest BCUT2D eigenvalue weighted by atomic mass is 10.3. The van der Waals surface area contributed by atoms with Crippen molar-refractivity contribution in [3.8, 4) is 5.40 Å². The van der Waals surface area contributed by atoms with Gasteiger partial charge in [0.15, 0.2) is 0 Å². The lowest BCUT2D eigenvalue weighted by molar-refractivity contribution is 0.948. The van der Waals surface area contributed by atoms with Crippen molar-refractivity contribution in [3.63, 3.8) is 0 Å². The van der Waals surface area contributed by atoms with Crippen LogP contribution in [0.3, 0.4) is 0 Å². The van der Waals surface area contributed by atoms with Crippen LogP contribution in [0.4, 0.5) is 0 Å². The van der Waals surface area contributed by atoms with Gasteiger partial charge in [-0.05, 0) is 24.6 Å². The van der Waals surface area contributed by atoms with Crippen molar-refractivity contribution in [1.82, 2.24) is 0 Å². The van der Waals surface area contributed by atoms with Crippen molar-refractivity contribution in [2.24, 2.45) is 0 Å². The molecule has 0 saturated carbocycles. The summed E-state index contributed by atoms with van der Waals surface area (Å²) in [6.07, 6.45) is 2.68. The Labute approximate surface area is 83.1 Å². The standard InChI is InChI=1S/C9H12ClNS/c1-3-5-9(12-7-11)6-8(10)4-2/h3-5H2,1-2H3. The molecule has 0 aliphatic heterocycles. The van der Waals surface area contributed by atoms with E-state index in [0.29, 0.717) is 5.03 Å². The second-order valence-corrected chi connectivity index (χ2v) is 3.59. The van der Waals surface area contributed by atoms with Crippen LogP contribution in [0, 0.1) is 10.7 Å². The fourth-order valence-electron chi connectivity index (χ4n) is 0.661. The van der Waals surface area contributed by atoms with Gasteiger partial charge in [-0.15, -0.1) is 0 Å². The van der Waals surface area contributed by atoms with Crippen LogP contribution in [-0.2, 0) is 0 Å². The summed E-state index contributed by atoms with van der Waals surface area (Å²) < 4.78 is 0. The molecule has 0 radical (unpaired) electrons. The minimum absolute atomic E-state index is 0.696. The zero-order valence-electron chi connectivity index (χ0n) is 7.35. The molecule has 0 aromatic carbocycles. The molecule has 3 heteroatoms. The molecule has 0 atom stereocenters. The molecule has 12 heavy (non-hydrogen) atoms. The molecule has 1 nitrogen and oxygen atoms in total. The predicted octanol–water partition coefficient (Wildman–Crippen LogP) is 4.02. The highest BCUT2D eigenvalue weighted by Gasteiger charge is 1.95. The number of rotatable bonds is 4. The number of thioether (sulfide) groups is 1. The maximum absolute atomic E-state index is 8.45. The molecule has 0 N–H and O–H groups in total. The Morgan fingerprint density at radius 1 is 1.50 bits per heavy atom. The summed E-state index contributed by atoms with van der Waals surface area (Å²) in [4.78, 5) is 0.937. The van der Waals surface area contributed by atoms with Crippen LogP contribution in [-0.4, -0.2) is 0 Å². The van der Waals surface area contributed by atoms with E-state index in [0.717, 1.165) is 35.9 Å². The highest BCUT2D eigenvalue weighted by atomic mass is 35.5. The summed E-state index contributed by atoms with van der Waals surface area (Å²) >= 11 is 6.94. The summed E-state index contributed by atoms with van der Waals surface area (Å²) in [7, 11) is 0. The molecule has 0 fully saturated rings. The number of nitrogens with zero attached hydrogens (tertiary/aromatic N) is 1. The van der Waals surface area contributed by atoms with Crippen LogP contribution in [0.25, 0.3) is 0 Å². The molecule has 0 heterocycles. The third-order valence-corrected chi connectivity index (χ3v) is 2.24. The van der Waals surface area contributed by atoms with Crippen LogP contribution < -0.4 is 0 Å². The summed E-state index contributed by atoms with van der Waals surface area (Å²) in [5, 5.41) is 11.2. The molecule has 0 unspecified atom stereocenters. The molecule has 0 aromatic heterocycles. The Bertz CT molecular complexity index is 233. The number of hydrogen-bond donors (Lipinski definition) is 0. The lowest BCUT2D eigenvalue weighted by Crippen LogP contribution is -1.73. The average Bonchev–Trinajstić information content (AvgIpc) is 2.05. The third-order valence-electron chi connectivity index (χ3n) is 1.23. The van der Waals surface area contributed by atoms with Crippen molar-refractivity contribution in [1.29, 1.82) is 5.26 Å². The predicted molar refractivity (Wildman–Crippen MR) is 54.8 cm³/mol. The van der Waals surface area contributed by atoms with Gasteiger partial charge in [0, 0.05) is 4.91 Å². The molecule has 0 spiro atoms. The largest absolute Gasteiger partial charge is 0.185 e. The van der Waals surface area contributed by atoms with Gasteiger partial charge in [-0.3, -0.25) is 0 Å². The van der Waals surface area contributed by atoms with Crippen LogP contribution in [0.15, 0.2) is 15.7 Å². The smallest absolute Gasteiger partial charge is 0.138 e. The number of thiocyanates is 1. The molecule has 0 aliphatic carbocycles. The topological polar surface area (TPSA) is 23.8 Å². The summed E-state index contributed by atoms with van der Waals surface area (Å²) in [5.41, 5.74) is 3.01. The van der Waals surface area contributed by atoms with Gasteiger partial charge in [0.25, 0.3) is 0 Å². The van der Waals surface area contributed by atoms with Gasteiger partial charge in [-0.2, -0.15) is 5.26 Å². The summed E-state index contributed by atoms with van der Waals surface area (Å²) in [6.45, 7) is 4.04. The molecule has 66 valence electrons. The number of hydrogen-bond acceptors (Lipinski definition) is 2. The van der Waals surface area contributed by atoms with Crippen LogP contribution in [0.1, 0.15) is 33.1 Å². The molecular weight excluding hydrogens is 190 g/mol. The minimum atomic E-state index is 0.696. The molecular formula is C9H12ClNS. The van der Waals surface area contributed by atoms with Crippen molar-refractivity contribution in [3.05, 3.63) is 15.7 Å². The number of halogens is 1. The van der Waals surface area contributed by atoms with E-state index in [9.17, 15) is 0 Å². The van der Waals surface area contributed by atoms with Gasteiger partial charge in [0.05, 0.1) is 5.03 Å². The van der Waals surface area contributed by atoms with E-state index in [2.05, 4.69) is 12.7 Å². The Kier molecular flexibility index (Phi) is 7.09. The van der Waals surface area contributed by atoms with E-state index in [1.165, 1.54) is 0 Å². The zero-order chi connectivity index (χ0) is 9.40. The van der Waals surface area contributed by atoms with E-state index >= 15 is 0 Å². The first-order valence-electron chi connectivity index (χ1n) is 3.94. The molecule has 0 bridgehead atoms. The Hall–Kier alpha value is -0.350. The van der Waals surface area contributed by atoms with E-state index in [1.807, 2.05) is 12.3 Å². The molecule has 0 rings (SSSR count). The van der Waals surface area contributed by atoms with Gasteiger partial charge in [-0.25, -0.2) is 0 Å². The van der Waals surface area contributed by atoms with E-state index < -0.39 is 0 Å². The van der Waals surface area contributed by atoms with E-state index in [1.54, 1.807) is 0 Å². The maximum Gasteiger partial charge on any atom is 0.138 e. The second-order valence-electron chi connectivity index (χ2n) is 2.25. The normalized spacial score (nSPS) is 8.50. The van der Waals surface area contributed by atoms with E-state index in [4.69, 9.17) is 16.9 Å². The van der Waals surface area contributed by atoms with Crippen LogP contribution in [0.5, 0.6) is 0 Å². The Morgan fingerprint density at radius 2 is 2.17 bits per heavy atom. The third kappa shape index (κ3) is 5.32. The van der Waals surface area contributed by atoms with Gasteiger partial charge < -0.3 is 0 Å². The van der Waals surface area contributed by atoms with Crippen LogP contribution >= 0.6 is 23.4 Å². The second kappa shape index (κ2) is 7.31. The van der Waals surface area contributed by atoms with Crippen molar-refractivity contribution < 1.29 is 0 Å². The van der Waals surface area contributed by atoms with Crippen molar-refractivity contribution in [2.75, 3.05) is 0 Å². The first kappa shape index (κ1) is 11.6. The zero-order valence-corrected chi connectivity index (χ0v) is 8.93. The highest BCUT2D eigenvalue weighted by molar-refractivity contribution is 8.07. The highest BCUT2D eigenvalue weighted by Crippen LogP contribution is 2.20. The molecule has 0 amide bonds. The summed E-state index contributed by atoms with van der Waals surface area (Å²) in [6, 6.07) is 0. The van der Waals surface area contributed by atoms with Gasteiger partial charge in [0.1, 0.15) is 5.40 Å². The van der Waals surface area contributed by atoms with Crippen LogP contribution in [0.2, 0.25) is 0 Å². The Morgan fingerprint density at radius 3 is 2.58 bits per heavy atom. The average molecular weight is 202 g/mol. The molecule has 0 aliphatic rings. The number of allylic oxidation sites excluding steroid dienone is 1. The van der Waals surface area contributed by atoms with Crippen molar-refractivity contribution in [2.45, 2.75) is 33.1 Å². The monoisotopic (exact) mass is 201 g/mol. The SMILES string of the molecule is CCCC(=C=C(Cl)CC)SC#N. The molecule has 0 aromatic rings. The fourth-order valence-corrected chi connectivity index (χ4v) is 1.42. The van der Waals surface area contributed by atoms with Gasteiger partial charge >= 0.3 is 0 Å². The maximum atomic E-state index is 8.45. The van der Waals surface area contributed by atoms with E-state index in [-0.39, 0.29) is 0 Å². The van der Waals surface area contributed by atoms with Crippen molar-refractivity contribution >= 4 is 23.4 Å². The first-order valence-corrected chi connectivity index (χ1v) is 5.14. The minimum Gasteiger partial charge on any atom is -0.185 e. The fraction of sp³-hybridized carbons (Fsp3) is 0.556. The van der Waals surface area contributed by atoms with Gasteiger partial charge in [-0.1, -0.05) is 37.6 Å². The Balaban J connectivity index is 4.48. The molecule has 0 saturated heterocycles. The quantitative estimate of drug-likeness (QED) is 0.507.